The van der Waals surface area contributed by atoms with Crippen LogP contribution in [0, 0.1) is 0 Å². The van der Waals surface area contributed by atoms with E-state index in [2.05, 4.69) is 0 Å². The summed E-state index contributed by atoms with van der Waals surface area (Å²) in [7, 11) is 1.58. The van der Waals surface area contributed by atoms with Gasteiger partial charge in [0, 0.05) is 6.42 Å². The number of ketones is 2. The van der Waals surface area contributed by atoms with Gasteiger partial charge in [0.25, 0.3) is 0 Å². The molecule has 6 nitrogen and oxygen atoms in total. The summed E-state index contributed by atoms with van der Waals surface area (Å²) < 4.78 is 10.4. The van der Waals surface area contributed by atoms with Crippen molar-refractivity contribution in [3.63, 3.8) is 0 Å². The Labute approximate surface area is 126 Å². The highest BCUT2D eigenvalue weighted by molar-refractivity contribution is 6.37. The predicted octanol–water partition coefficient (Wildman–Crippen LogP) is 2.11. The Bertz CT molecular complexity index is 696. The molecule has 0 spiro atoms. The van der Waals surface area contributed by atoms with E-state index in [1.165, 1.54) is 6.07 Å². The first kappa shape index (κ1) is 15.5. The molecule has 6 heteroatoms. The molecule has 1 aromatic carbocycles. The average molecular weight is 302 g/mol. The largest absolute Gasteiger partial charge is 0.497 e. The summed E-state index contributed by atoms with van der Waals surface area (Å²) in [5.41, 5.74) is 0.968. The van der Waals surface area contributed by atoms with Crippen molar-refractivity contribution in [3.05, 3.63) is 53.5 Å². The van der Waals surface area contributed by atoms with Crippen LogP contribution in [0.4, 0.5) is 0 Å². The van der Waals surface area contributed by atoms with Crippen molar-refractivity contribution < 1.29 is 28.6 Å². The highest BCUT2D eigenvalue weighted by Gasteiger charge is 2.20. The van der Waals surface area contributed by atoms with Crippen LogP contribution in [0.2, 0.25) is 0 Å². The standard InChI is InChI=1S/C16H14O6/c1-21-11-4-2-10(3-5-11)8-12-6-7-15(22-12)13(17)9-14(18)16(19)20/h2-7H,8-9H2,1H3,(H,19,20). The van der Waals surface area contributed by atoms with Crippen molar-refractivity contribution in [1.82, 2.24) is 0 Å². The quantitative estimate of drug-likeness (QED) is 0.478. The van der Waals surface area contributed by atoms with Crippen molar-refractivity contribution in [2.75, 3.05) is 7.11 Å². The lowest BCUT2D eigenvalue weighted by Gasteiger charge is -2.01. The number of carboxylic acid groups (broad SMARTS) is 1. The highest BCUT2D eigenvalue weighted by Crippen LogP contribution is 2.17. The maximum Gasteiger partial charge on any atom is 0.372 e. The van der Waals surface area contributed by atoms with Gasteiger partial charge in [0.2, 0.25) is 11.6 Å². The van der Waals surface area contributed by atoms with Crippen molar-refractivity contribution in [3.8, 4) is 5.75 Å². The predicted molar refractivity (Wildman–Crippen MR) is 76.1 cm³/mol. The number of carbonyl (C=O) groups excluding carboxylic acids is 2. The SMILES string of the molecule is COc1ccc(Cc2ccc(C(=O)CC(=O)C(=O)O)o2)cc1. The molecular formula is C16H14O6. The summed E-state index contributed by atoms with van der Waals surface area (Å²) in [5.74, 6) is -2.15. The number of ether oxygens (including phenoxy) is 1. The number of Topliss-reactive ketones (excluding diaryl/α,β-unsaturated/α-hetero) is 2. The minimum Gasteiger partial charge on any atom is -0.497 e. The summed E-state index contributed by atoms with van der Waals surface area (Å²) in [6.07, 6.45) is -0.227. The Morgan fingerprint density at radius 2 is 1.77 bits per heavy atom. The first-order valence-corrected chi connectivity index (χ1v) is 6.50. The molecule has 0 aliphatic heterocycles. The molecule has 0 saturated heterocycles. The number of methoxy groups -OCH3 is 1. The third-order valence-corrected chi connectivity index (χ3v) is 3.03. The molecule has 2 rings (SSSR count). The third-order valence-electron chi connectivity index (χ3n) is 3.03. The molecule has 1 heterocycles. The van der Waals surface area contributed by atoms with Gasteiger partial charge in [-0.3, -0.25) is 9.59 Å². The van der Waals surface area contributed by atoms with E-state index in [-0.39, 0.29) is 5.76 Å². The molecule has 0 bridgehead atoms. The van der Waals surface area contributed by atoms with Crippen LogP contribution in [-0.2, 0) is 16.0 Å². The Hall–Kier alpha value is -2.89. The Morgan fingerprint density at radius 3 is 2.36 bits per heavy atom. The second-order valence-corrected chi connectivity index (χ2v) is 4.62. The van der Waals surface area contributed by atoms with Gasteiger partial charge in [-0.25, -0.2) is 4.79 Å². The highest BCUT2D eigenvalue weighted by atomic mass is 16.5. The molecule has 114 valence electrons. The van der Waals surface area contributed by atoms with E-state index in [0.717, 1.165) is 11.3 Å². The molecule has 0 saturated carbocycles. The molecule has 0 atom stereocenters. The number of furan rings is 1. The van der Waals surface area contributed by atoms with Gasteiger partial charge in [-0.05, 0) is 29.8 Å². The third kappa shape index (κ3) is 3.82. The van der Waals surface area contributed by atoms with Gasteiger partial charge < -0.3 is 14.3 Å². The molecule has 1 N–H and O–H groups in total. The zero-order valence-corrected chi connectivity index (χ0v) is 11.9. The smallest absolute Gasteiger partial charge is 0.372 e. The fraction of sp³-hybridized carbons (Fsp3) is 0.188. The van der Waals surface area contributed by atoms with Gasteiger partial charge in [0.05, 0.1) is 13.5 Å². The normalized spacial score (nSPS) is 10.2. The molecule has 0 aliphatic rings. The number of carbonyl (C=O) groups is 3. The lowest BCUT2D eigenvalue weighted by atomic mass is 10.1. The summed E-state index contributed by atoms with van der Waals surface area (Å²) >= 11 is 0. The molecule has 2 aromatic rings. The number of carboxylic acids is 1. The van der Waals surface area contributed by atoms with Gasteiger partial charge in [-0.2, -0.15) is 0 Å². The Morgan fingerprint density at radius 1 is 1.09 bits per heavy atom. The summed E-state index contributed by atoms with van der Waals surface area (Å²) in [6.45, 7) is 0. The summed E-state index contributed by atoms with van der Waals surface area (Å²) in [5, 5.41) is 8.48. The van der Waals surface area contributed by atoms with Gasteiger partial charge in [-0.1, -0.05) is 12.1 Å². The second-order valence-electron chi connectivity index (χ2n) is 4.62. The van der Waals surface area contributed by atoms with Crippen molar-refractivity contribution in [2.24, 2.45) is 0 Å². The Kier molecular flexibility index (Phi) is 4.73. The van der Waals surface area contributed by atoms with E-state index >= 15 is 0 Å². The van der Waals surface area contributed by atoms with Crippen LogP contribution in [0.1, 0.15) is 28.3 Å². The van der Waals surface area contributed by atoms with E-state index in [1.54, 1.807) is 13.2 Å². The average Bonchev–Trinajstić information content (AvgIpc) is 2.96. The molecular weight excluding hydrogens is 288 g/mol. The summed E-state index contributed by atoms with van der Waals surface area (Å²) in [4.78, 5) is 33.1. The maximum absolute atomic E-state index is 11.7. The molecule has 0 radical (unpaired) electrons. The van der Waals surface area contributed by atoms with Crippen LogP contribution in [0.5, 0.6) is 5.75 Å². The van der Waals surface area contributed by atoms with E-state index in [4.69, 9.17) is 14.3 Å². The van der Waals surface area contributed by atoms with Crippen LogP contribution >= 0.6 is 0 Å². The first-order chi connectivity index (χ1) is 10.5. The molecule has 0 fully saturated rings. The number of benzene rings is 1. The monoisotopic (exact) mass is 302 g/mol. The lowest BCUT2D eigenvalue weighted by molar-refractivity contribution is -0.148. The van der Waals surface area contributed by atoms with Gasteiger partial charge >= 0.3 is 5.97 Å². The molecule has 1 aromatic heterocycles. The lowest BCUT2D eigenvalue weighted by Crippen LogP contribution is -2.16. The van der Waals surface area contributed by atoms with Crippen LogP contribution in [-0.4, -0.2) is 29.8 Å². The van der Waals surface area contributed by atoms with E-state index in [9.17, 15) is 14.4 Å². The fourth-order valence-electron chi connectivity index (χ4n) is 1.88. The molecule has 22 heavy (non-hydrogen) atoms. The van der Waals surface area contributed by atoms with Crippen molar-refractivity contribution >= 4 is 17.5 Å². The van der Waals surface area contributed by atoms with Gasteiger partial charge in [-0.15, -0.1) is 0 Å². The van der Waals surface area contributed by atoms with E-state index in [1.807, 2.05) is 24.3 Å². The minimum atomic E-state index is -1.63. The fourth-order valence-corrected chi connectivity index (χ4v) is 1.88. The van der Waals surface area contributed by atoms with E-state index < -0.39 is 24.0 Å². The number of hydrogen-bond acceptors (Lipinski definition) is 5. The van der Waals surface area contributed by atoms with Crippen molar-refractivity contribution in [2.45, 2.75) is 12.8 Å². The topological polar surface area (TPSA) is 93.8 Å². The molecule has 0 aliphatic carbocycles. The van der Waals surface area contributed by atoms with Gasteiger partial charge in [0.15, 0.2) is 5.76 Å². The second kappa shape index (κ2) is 6.71. The molecule has 0 amide bonds. The van der Waals surface area contributed by atoms with Crippen LogP contribution in [0.25, 0.3) is 0 Å². The maximum atomic E-state index is 11.7. The number of hydrogen-bond donors (Lipinski definition) is 1. The van der Waals surface area contributed by atoms with Crippen LogP contribution in [0.3, 0.4) is 0 Å². The van der Waals surface area contributed by atoms with Crippen LogP contribution < -0.4 is 4.74 Å². The zero-order valence-electron chi connectivity index (χ0n) is 11.9. The first-order valence-electron chi connectivity index (χ1n) is 6.50. The van der Waals surface area contributed by atoms with Crippen LogP contribution in [0.15, 0.2) is 40.8 Å². The number of rotatable bonds is 7. The minimum absolute atomic E-state index is 0.0156. The number of aliphatic carboxylic acids is 1. The summed E-state index contributed by atoms with van der Waals surface area (Å²) in [6, 6.07) is 10.4. The van der Waals surface area contributed by atoms with E-state index in [0.29, 0.717) is 12.2 Å². The van der Waals surface area contributed by atoms with Crippen molar-refractivity contribution in [1.29, 1.82) is 0 Å². The zero-order chi connectivity index (χ0) is 16.1. The van der Waals surface area contributed by atoms with Gasteiger partial charge in [0.1, 0.15) is 11.5 Å². The molecule has 0 unspecified atom stereocenters. The Balaban J connectivity index is 2.02.